The van der Waals surface area contributed by atoms with Crippen molar-refractivity contribution in [2.24, 2.45) is 0 Å². The van der Waals surface area contributed by atoms with Crippen LogP contribution < -0.4 is 16.0 Å². The van der Waals surface area contributed by atoms with E-state index in [9.17, 15) is 9.59 Å². The van der Waals surface area contributed by atoms with Crippen molar-refractivity contribution in [3.63, 3.8) is 0 Å². The van der Waals surface area contributed by atoms with Crippen molar-refractivity contribution in [1.82, 2.24) is 10.2 Å². The average Bonchev–Trinajstić information content (AvgIpc) is 2.70. The Kier molecular flexibility index (Phi) is 5.02. The number of hydrogen-bond acceptors (Lipinski definition) is 3. The Morgan fingerprint density at radius 3 is 2.54 bits per heavy atom. The summed E-state index contributed by atoms with van der Waals surface area (Å²) in [6, 6.07) is 13.5. The van der Waals surface area contributed by atoms with Gasteiger partial charge in [0.1, 0.15) is 5.66 Å². The van der Waals surface area contributed by atoms with Gasteiger partial charge >= 0.3 is 6.03 Å². The van der Waals surface area contributed by atoms with Crippen LogP contribution in [0.3, 0.4) is 0 Å². The van der Waals surface area contributed by atoms with Gasteiger partial charge in [-0.1, -0.05) is 35.0 Å². The van der Waals surface area contributed by atoms with E-state index < -0.39 is 5.66 Å². The lowest BCUT2D eigenvalue weighted by molar-refractivity contribution is 0.0852. The second kappa shape index (κ2) is 7.47. The number of likely N-dealkylation sites (tertiary alicyclic amines) is 1. The molecule has 0 atom stereocenters. The molecule has 6 nitrogen and oxygen atoms in total. The summed E-state index contributed by atoms with van der Waals surface area (Å²) in [4.78, 5) is 26.9. The number of rotatable bonds is 2. The molecular formula is C21H23BrN4O2. The lowest BCUT2D eigenvalue weighted by Gasteiger charge is -2.45. The SMILES string of the molecule is CCc1ccc(NC(=O)N2CCC3(CC2)NC(=O)c2cc(Br)ccc2N3)cc1. The van der Waals surface area contributed by atoms with Gasteiger partial charge in [0.2, 0.25) is 0 Å². The van der Waals surface area contributed by atoms with Crippen molar-refractivity contribution in [3.8, 4) is 0 Å². The molecular weight excluding hydrogens is 420 g/mol. The number of amides is 3. The molecule has 146 valence electrons. The van der Waals surface area contributed by atoms with Crippen molar-refractivity contribution in [2.75, 3.05) is 23.7 Å². The number of carbonyl (C=O) groups excluding carboxylic acids is 2. The third-order valence-corrected chi connectivity index (χ3v) is 5.96. The number of piperidine rings is 1. The lowest BCUT2D eigenvalue weighted by Crippen LogP contribution is -2.63. The third-order valence-electron chi connectivity index (χ3n) is 5.47. The third kappa shape index (κ3) is 3.71. The molecule has 0 bridgehead atoms. The smallest absolute Gasteiger partial charge is 0.321 e. The molecule has 1 spiro atoms. The molecule has 7 heteroatoms. The first-order valence-corrected chi connectivity index (χ1v) is 10.3. The van der Waals surface area contributed by atoms with E-state index >= 15 is 0 Å². The number of nitrogens with one attached hydrogen (secondary N) is 3. The molecule has 3 amide bonds. The number of urea groups is 1. The van der Waals surface area contributed by atoms with Gasteiger partial charge in [0.05, 0.1) is 5.56 Å². The van der Waals surface area contributed by atoms with Crippen LogP contribution in [0.4, 0.5) is 16.2 Å². The van der Waals surface area contributed by atoms with Gasteiger partial charge in [-0.25, -0.2) is 4.79 Å². The summed E-state index contributed by atoms with van der Waals surface area (Å²) in [5, 5.41) is 9.55. The molecule has 28 heavy (non-hydrogen) atoms. The minimum absolute atomic E-state index is 0.0797. The van der Waals surface area contributed by atoms with Crippen LogP contribution in [0.25, 0.3) is 0 Å². The Labute approximate surface area is 172 Å². The summed E-state index contributed by atoms with van der Waals surface area (Å²) in [5.41, 5.74) is 3.00. The highest BCUT2D eigenvalue weighted by Gasteiger charge is 2.41. The van der Waals surface area contributed by atoms with Crippen LogP contribution in [-0.2, 0) is 6.42 Å². The second-order valence-electron chi connectivity index (χ2n) is 7.32. The van der Waals surface area contributed by atoms with Crippen molar-refractivity contribution in [3.05, 3.63) is 58.1 Å². The Bertz CT molecular complexity index is 905. The minimum atomic E-state index is -0.503. The van der Waals surface area contributed by atoms with Crippen molar-refractivity contribution in [1.29, 1.82) is 0 Å². The van der Waals surface area contributed by atoms with E-state index in [4.69, 9.17) is 0 Å². The average molecular weight is 443 g/mol. The predicted octanol–water partition coefficient (Wildman–Crippen LogP) is 4.19. The monoisotopic (exact) mass is 442 g/mol. The maximum Gasteiger partial charge on any atom is 0.321 e. The predicted molar refractivity (Wildman–Crippen MR) is 114 cm³/mol. The molecule has 1 fully saturated rings. The number of hydrogen-bond donors (Lipinski definition) is 3. The van der Waals surface area contributed by atoms with Crippen molar-refractivity contribution >= 4 is 39.2 Å². The quantitative estimate of drug-likeness (QED) is 0.652. The lowest BCUT2D eigenvalue weighted by atomic mass is 9.92. The number of fused-ring (bicyclic) bond motifs is 1. The van der Waals surface area contributed by atoms with E-state index in [1.54, 1.807) is 4.90 Å². The number of aryl methyl sites for hydroxylation is 1. The molecule has 0 radical (unpaired) electrons. The van der Waals surface area contributed by atoms with Gasteiger partial charge in [-0.3, -0.25) is 4.79 Å². The van der Waals surface area contributed by atoms with Crippen molar-refractivity contribution in [2.45, 2.75) is 31.8 Å². The zero-order valence-corrected chi connectivity index (χ0v) is 17.3. The van der Waals surface area contributed by atoms with Crippen LogP contribution in [0.15, 0.2) is 46.9 Å². The number of benzene rings is 2. The highest BCUT2D eigenvalue weighted by atomic mass is 79.9. The zero-order chi connectivity index (χ0) is 19.7. The van der Waals surface area contributed by atoms with Crippen LogP contribution in [0.5, 0.6) is 0 Å². The summed E-state index contributed by atoms with van der Waals surface area (Å²) in [5.74, 6) is -0.0797. The second-order valence-corrected chi connectivity index (χ2v) is 8.23. The molecule has 2 aliphatic rings. The Morgan fingerprint density at radius 2 is 1.86 bits per heavy atom. The Morgan fingerprint density at radius 1 is 1.14 bits per heavy atom. The molecule has 1 saturated heterocycles. The van der Waals surface area contributed by atoms with E-state index in [0.717, 1.165) is 22.3 Å². The van der Waals surface area contributed by atoms with Crippen LogP contribution >= 0.6 is 15.9 Å². The van der Waals surface area contributed by atoms with Crippen LogP contribution in [-0.4, -0.2) is 35.6 Å². The summed E-state index contributed by atoms with van der Waals surface area (Å²) < 4.78 is 0.873. The molecule has 3 N–H and O–H groups in total. The molecule has 0 saturated carbocycles. The first-order valence-electron chi connectivity index (χ1n) is 9.53. The van der Waals surface area contributed by atoms with Crippen LogP contribution in [0.1, 0.15) is 35.7 Å². The summed E-state index contributed by atoms with van der Waals surface area (Å²) in [6.07, 6.45) is 2.27. The van der Waals surface area contributed by atoms with Gasteiger partial charge in [-0.2, -0.15) is 0 Å². The molecule has 4 rings (SSSR count). The van der Waals surface area contributed by atoms with Gasteiger partial charge in [0, 0.05) is 41.8 Å². The highest BCUT2D eigenvalue weighted by Crippen LogP contribution is 2.32. The fraction of sp³-hybridized carbons (Fsp3) is 0.333. The molecule has 0 aliphatic carbocycles. The first kappa shape index (κ1) is 18.8. The van der Waals surface area contributed by atoms with Crippen LogP contribution in [0, 0.1) is 0 Å². The summed E-state index contributed by atoms with van der Waals surface area (Å²) in [6.45, 7) is 3.24. The largest absolute Gasteiger partial charge is 0.362 e. The number of halogens is 1. The molecule has 2 aliphatic heterocycles. The van der Waals surface area contributed by atoms with Gasteiger partial charge in [-0.15, -0.1) is 0 Å². The Balaban J connectivity index is 1.39. The van der Waals surface area contributed by atoms with Crippen LogP contribution in [0.2, 0.25) is 0 Å². The van der Waals surface area contributed by atoms with E-state index in [1.165, 1.54) is 5.56 Å². The first-order chi connectivity index (χ1) is 13.5. The number of anilines is 2. The van der Waals surface area contributed by atoms with E-state index in [-0.39, 0.29) is 11.9 Å². The molecule has 2 aromatic rings. The van der Waals surface area contributed by atoms with E-state index in [2.05, 4.69) is 38.8 Å². The normalized spacial score (nSPS) is 17.5. The summed E-state index contributed by atoms with van der Waals surface area (Å²) >= 11 is 3.41. The number of carbonyl (C=O) groups is 2. The van der Waals surface area contributed by atoms with Gasteiger partial charge in [-0.05, 0) is 42.3 Å². The van der Waals surface area contributed by atoms with Gasteiger partial charge in [0.15, 0.2) is 0 Å². The van der Waals surface area contributed by atoms with E-state index in [0.29, 0.717) is 31.5 Å². The van der Waals surface area contributed by atoms with E-state index in [1.807, 2.05) is 42.5 Å². The topological polar surface area (TPSA) is 73.5 Å². The fourth-order valence-corrected chi connectivity index (χ4v) is 4.12. The highest BCUT2D eigenvalue weighted by molar-refractivity contribution is 9.10. The molecule has 0 unspecified atom stereocenters. The standard InChI is InChI=1S/C21H23BrN4O2/c1-2-14-3-6-16(7-4-14)23-20(28)26-11-9-21(10-12-26)24-18-8-5-15(22)13-17(18)19(27)25-21/h3-8,13,24H,2,9-12H2,1H3,(H,23,28)(H,25,27). The van der Waals surface area contributed by atoms with Gasteiger partial charge in [0.25, 0.3) is 5.91 Å². The number of nitrogens with zero attached hydrogens (tertiary/aromatic N) is 1. The molecule has 2 aromatic carbocycles. The minimum Gasteiger partial charge on any atom is -0.362 e. The maximum atomic E-state index is 12.6. The van der Waals surface area contributed by atoms with Gasteiger partial charge < -0.3 is 20.9 Å². The summed E-state index contributed by atoms with van der Waals surface area (Å²) in [7, 11) is 0. The maximum absolute atomic E-state index is 12.6. The molecule has 2 heterocycles. The zero-order valence-electron chi connectivity index (χ0n) is 15.7. The fourth-order valence-electron chi connectivity index (χ4n) is 3.75. The molecule has 0 aromatic heterocycles. The Hall–Kier alpha value is -2.54. The van der Waals surface area contributed by atoms with Crippen molar-refractivity contribution < 1.29 is 9.59 Å².